The van der Waals surface area contributed by atoms with Gasteiger partial charge < -0.3 is 0 Å². The van der Waals surface area contributed by atoms with Crippen LogP contribution < -0.4 is 0 Å². The maximum Gasteiger partial charge on any atom is 0.153 e. The van der Waals surface area contributed by atoms with Gasteiger partial charge in [-0.15, -0.1) is 0 Å². The summed E-state index contributed by atoms with van der Waals surface area (Å²) >= 11 is 3.42. The van der Waals surface area contributed by atoms with Gasteiger partial charge in [-0.2, -0.15) is 5.10 Å². The third kappa shape index (κ3) is 2.27. The van der Waals surface area contributed by atoms with Crippen molar-refractivity contribution in [2.75, 3.05) is 0 Å². The highest BCUT2D eigenvalue weighted by Crippen LogP contribution is 2.17. The van der Waals surface area contributed by atoms with Crippen LogP contribution in [0.2, 0.25) is 0 Å². The maximum atomic E-state index is 4.55. The number of hydrogen-bond acceptors (Lipinski definition) is 2. The first-order chi connectivity index (χ1) is 8.17. The van der Waals surface area contributed by atoms with Crippen LogP contribution in [0.1, 0.15) is 29.4 Å². The van der Waals surface area contributed by atoms with Crippen LogP contribution >= 0.6 is 15.9 Å². The lowest BCUT2D eigenvalue weighted by molar-refractivity contribution is 0.804. The molecule has 0 unspecified atom stereocenters. The molecule has 0 saturated carbocycles. The SMILES string of the molecule is CCc1c(C)nn(-c2ccc(CBr)cn2)c1C. The average Bonchev–Trinajstić information content (AvgIpc) is 2.64. The molecule has 17 heavy (non-hydrogen) atoms. The van der Waals surface area contributed by atoms with Gasteiger partial charge in [0.2, 0.25) is 0 Å². The van der Waals surface area contributed by atoms with Gasteiger partial charge in [0, 0.05) is 17.2 Å². The molecular formula is C13H16BrN3. The minimum absolute atomic E-state index is 0.831. The van der Waals surface area contributed by atoms with Crippen molar-refractivity contribution in [3.8, 4) is 5.82 Å². The summed E-state index contributed by atoms with van der Waals surface area (Å²) in [6.07, 6.45) is 2.89. The lowest BCUT2D eigenvalue weighted by Gasteiger charge is -2.04. The van der Waals surface area contributed by atoms with Gasteiger partial charge in [0.05, 0.1) is 5.69 Å². The molecule has 90 valence electrons. The van der Waals surface area contributed by atoms with Gasteiger partial charge in [0.15, 0.2) is 5.82 Å². The van der Waals surface area contributed by atoms with Crippen molar-refractivity contribution in [3.63, 3.8) is 0 Å². The topological polar surface area (TPSA) is 30.7 Å². The Morgan fingerprint density at radius 1 is 1.29 bits per heavy atom. The van der Waals surface area contributed by atoms with Gasteiger partial charge in [0.1, 0.15) is 0 Å². The summed E-state index contributed by atoms with van der Waals surface area (Å²) in [5.41, 5.74) is 4.77. The minimum atomic E-state index is 0.831. The van der Waals surface area contributed by atoms with E-state index in [1.807, 2.05) is 16.9 Å². The number of alkyl halides is 1. The van der Waals surface area contributed by atoms with Crippen molar-refractivity contribution in [2.24, 2.45) is 0 Å². The Kier molecular flexibility index (Phi) is 3.62. The second-order valence-electron chi connectivity index (χ2n) is 4.07. The van der Waals surface area contributed by atoms with Crippen LogP contribution in [0.3, 0.4) is 0 Å². The zero-order valence-corrected chi connectivity index (χ0v) is 12.0. The van der Waals surface area contributed by atoms with E-state index in [0.29, 0.717) is 0 Å². The van der Waals surface area contributed by atoms with Crippen LogP contribution in [0.4, 0.5) is 0 Å². The molecule has 0 bridgehead atoms. The van der Waals surface area contributed by atoms with Gasteiger partial charge in [-0.3, -0.25) is 0 Å². The standard InChI is InChI=1S/C13H16BrN3/c1-4-12-9(2)16-17(10(12)3)13-6-5-11(7-14)8-15-13/h5-6,8H,4,7H2,1-3H3. The highest BCUT2D eigenvalue weighted by molar-refractivity contribution is 9.08. The van der Waals surface area contributed by atoms with Gasteiger partial charge in [-0.05, 0) is 37.5 Å². The summed E-state index contributed by atoms with van der Waals surface area (Å²) in [6.45, 7) is 6.30. The number of nitrogens with zero attached hydrogens (tertiary/aromatic N) is 3. The van der Waals surface area contributed by atoms with Crippen LogP contribution in [-0.4, -0.2) is 14.8 Å². The van der Waals surface area contributed by atoms with E-state index in [4.69, 9.17) is 0 Å². The Balaban J connectivity index is 2.45. The Hall–Kier alpha value is -1.16. The first-order valence-electron chi connectivity index (χ1n) is 5.73. The largest absolute Gasteiger partial charge is 0.237 e. The zero-order chi connectivity index (χ0) is 12.4. The monoisotopic (exact) mass is 293 g/mol. The zero-order valence-electron chi connectivity index (χ0n) is 10.4. The molecule has 2 aromatic heterocycles. The van der Waals surface area contributed by atoms with E-state index in [2.05, 4.69) is 52.9 Å². The first-order valence-corrected chi connectivity index (χ1v) is 6.85. The lowest BCUT2D eigenvalue weighted by Crippen LogP contribution is -2.02. The van der Waals surface area contributed by atoms with Gasteiger partial charge >= 0.3 is 0 Å². The Morgan fingerprint density at radius 3 is 2.53 bits per heavy atom. The highest BCUT2D eigenvalue weighted by Gasteiger charge is 2.11. The van der Waals surface area contributed by atoms with Crippen LogP contribution in [0, 0.1) is 13.8 Å². The first kappa shape index (κ1) is 12.3. The maximum absolute atomic E-state index is 4.55. The quantitative estimate of drug-likeness (QED) is 0.813. The Morgan fingerprint density at radius 2 is 2.06 bits per heavy atom. The molecule has 4 heteroatoms. The molecule has 0 radical (unpaired) electrons. The minimum Gasteiger partial charge on any atom is -0.237 e. The number of halogens is 1. The van der Waals surface area contributed by atoms with E-state index in [1.54, 1.807) is 0 Å². The van der Waals surface area contributed by atoms with E-state index >= 15 is 0 Å². The summed E-state index contributed by atoms with van der Waals surface area (Å²) in [6, 6.07) is 4.08. The second kappa shape index (κ2) is 5.00. The van der Waals surface area contributed by atoms with E-state index in [9.17, 15) is 0 Å². The van der Waals surface area contributed by atoms with Crippen molar-refractivity contribution in [1.82, 2.24) is 14.8 Å². The smallest absolute Gasteiger partial charge is 0.153 e. The normalized spacial score (nSPS) is 10.8. The van der Waals surface area contributed by atoms with E-state index in [-0.39, 0.29) is 0 Å². The molecule has 0 amide bonds. The molecule has 0 atom stereocenters. The fourth-order valence-electron chi connectivity index (χ4n) is 2.03. The van der Waals surface area contributed by atoms with Gasteiger partial charge in [-0.1, -0.05) is 28.9 Å². The highest BCUT2D eigenvalue weighted by atomic mass is 79.9. The molecule has 0 aliphatic carbocycles. The van der Waals surface area contributed by atoms with Gasteiger partial charge in [0.25, 0.3) is 0 Å². The summed E-state index contributed by atoms with van der Waals surface area (Å²) in [5, 5.41) is 5.38. The van der Waals surface area contributed by atoms with E-state index < -0.39 is 0 Å². The van der Waals surface area contributed by atoms with E-state index in [1.165, 1.54) is 16.8 Å². The summed E-state index contributed by atoms with van der Waals surface area (Å²) in [7, 11) is 0. The number of aromatic nitrogens is 3. The molecule has 3 nitrogen and oxygen atoms in total. The lowest BCUT2D eigenvalue weighted by atomic mass is 10.1. The molecule has 2 aromatic rings. The van der Waals surface area contributed by atoms with Crippen LogP contribution in [0.15, 0.2) is 18.3 Å². The summed E-state index contributed by atoms with van der Waals surface area (Å²) in [4.78, 5) is 4.44. The van der Waals surface area contributed by atoms with Crippen LogP contribution in [0.25, 0.3) is 5.82 Å². The molecule has 0 spiro atoms. The molecule has 0 saturated heterocycles. The molecule has 2 rings (SSSR count). The molecular weight excluding hydrogens is 278 g/mol. The third-order valence-electron chi connectivity index (χ3n) is 2.98. The van der Waals surface area contributed by atoms with Crippen LogP contribution in [-0.2, 0) is 11.8 Å². The van der Waals surface area contributed by atoms with Crippen molar-refractivity contribution in [2.45, 2.75) is 32.5 Å². The molecule has 0 aliphatic rings. The van der Waals surface area contributed by atoms with Crippen molar-refractivity contribution < 1.29 is 0 Å². The fraction of sp³-hybridized carbons (Fsp3) is 0.385. The van der Waals surface area contributed by atoms with Crippen LogP contribution in [0.5, 0.6) is 0 Å². The van der Waals surface area contributed by atoms with Crippen molar-refractivity contribution in [3.05, 3.63) is 40.8 Å². The number of rotatable bonds is 3. The Bertz CT molecular complexity index is 514. The van der Waals surface area contributed by atoms with Crippen molar-refractivity contribution in [1.29, 1.82) is 0 Å². The third-order valence-corrected chi connectivity index (χ3v) is 3.62. The Labute approximate surface area is 110 Å². The fourth-order valence-corrected chi connectivity index (χ4v) is 2.36. The molecule has 0 aromatic carbocycles. The second-order valence-corrected chi connectivity index (χ2v) is 4.63. The molecule has 2 heterocycles. The van der Waals surface area contributed by atoms with Crippen molar-refractivity contribution >= 4 is 15.9 Å². The van der Waals surface area contributed by atoms with Gasteiger partial charge in [-0.25, -0.2) is 9.67 Å². The number of pyridine rings is 1. The number of aryl methyl sites for hydroxylation is 1. The molecule has 0 N–H and O–H groups in total. The average molecular weight is 294 g/mol. The number of hydrogen-bond donors (Lipinski definition) is 0. The summed E-state index contributed by atoms with van der Waals surface area (Å²) < 4.78 is 1.92. The summed E-state index contributed by atoms with van der Waals surface area (Å²) in [5.74, 6) is 0.884. The molecule has 0 aliphatic heterocycles. The predicted octanol–water partition coefficient (Wildman–Crippen LogP) is 3.34. The van der Waals surface area contributed by atoms with E-state index in [0.717, 1.165) is 23.3 Å². The predicted molar refractivity (Wildman–Crippen MR) is 72.8 cm³/mol. The molecule has 0 fully saturated rings.